The van der Waals surface area contributed by atoms with E-state index in [1.54, 1.807) is 6.92 Å². The van der Waals surface area contributed by atoms with E-state index in [1.807, 2.05) is 0 Å². The summed E-state index contributed by atoms with van der Waals surface area (Å²) in [5.74, 6) is 0.552. The summed E-state index contributed by atoms with van der Waals surface area (Å²) in [7, 11) is 0. The van der Waals surface area contributed by atoms with Gasteiger partial charge in [0, 0.05) is 17.4 Å². The molecule has 4 nitrogen and oxygen atoms in total. The van der Waals surface area contributed by atoms with Crippen molar-refractivity contribution in [2.75, 3.05) is 6.61 Å². The molecule has 0 aromatic carbocycles. The van der Waals surface area contributed by atoms with Crippen molar-refractivity contribution in [2.24, 2.45) is 23.7 Å². The Labute approximate surface area is 100.0 Å². The Hall–Kier alpha value is -1.32. The molecule has 3 unspecified atom stereocenters. The second kappa shape index (κ2) is 3.59. The third-order valence-electron chi connectivity index (χ3n) is 4.41. The number of carbonyl (C=O) groups is 2. The number of hydrogen-bond acceptors (Lipinski definition) is 4. The van der Waals surface area contributed by atoms with E-state index >= 15 is 0 Å². The average molecular weight is 236 g/mol. The molecule has 2 aliphatic carbocycles. The van der Waals surface area contributed by atoms with E-state index in [0.29, 0.717) is 24.0 Å². The van der Waals surface area contributed by atoms with Crippen molar-refractivity contribution in [2.45, 2.75) is 25.9 Å². The van der Waals surface area contributed by atoms with E-state index in [0.717, 1.165) is 12.8 Å². The topological polar surface area (TPSA) is 52.6 Å². The van der Waals surface area contributed by atoms with Crippen LogP contribution in [-0.4, -0.2) is 24.6 Å². The first kappa shape index (κ1) is 10.8. The minimum absolute atomic E-state index is 0.0309. The number of rotatable bonds is 2. The summed E-state index contributed by atoms with van der Waals surface area (Å²) >= 11 is 0. The Morgan fingerprint density at radius 2 is 2.18 bits per heavy atom. The van der Waals surface area contributed by atoms with Gasteiger partial charge in [0.25, 0.3) is 0 Å². The first-order valence-electron chi connectivity index (χ1n) is 6.11. The summed E-state index contributed by atoms with van der Waals surface area (Å²) < 4.78 is 10.5. The molecule has 3 rings (SSSR count). The van der Waals surface area contributed by atoms with Crippen LogP contribution < -0.4 is 0 Å². The largest absolute Gasteiger partial charge is 0.465 e. The molecule has 1 saturated heterocycles. The standard InChI is InChI=1S/C13H16O4/c1-6(2)12(14)17-10-4-7-3-8(10)11-9(7)5-16-13(11)15/h7-11H,1,3-5H2,2H3/t7-,8+,9?,10?,11?/m0/s1. The number of cyclic esters (lactones) is 1. The lowest BCUT2D eigenvalue weighted by atomic mass is 9.80. The minimum Gasteiger partial charge on any atom is -0.465 e. The summed E-state index contributed by atoms with van der Waals surface area (Å²) in [6.07, 6.45) is 1.76. The van der Waals surface area contributed by atoms with Crippen molar-refractivity contribution in [3.63, 3.8) is 0 Å². The predicted octanol–water partition coefficient (Wildman–Crippen LogP) is 1.30. The van der Waals surface area contributed by atoms with Crippen LogP contribution in [0.5, 0.6) is 0 Å². The molecule has 5 atom stereocenters. The number of hydrogen-bond donors (Lipinski definition) is 0. The van der Waals surface area contributed by atoms with Gasteiger partial charge in [-0.2, -0.15) is 0 Å². The molecule has 0 aromatic rings. The summed E-state index contributed by atoms with van der Waals surface area (Å²) in [5, 5.41) is 0. The molecule has 3 aliphatic rings. The van der Waals surface area contributed by atoms with Gasteiger partial charge >= 0.3 is 11.9 Å². The SMILES string of the molecule is C=C(C)C(=O)OC1C[C@@H]2C[C@H]1C1C(=O)OCC12. The fraction of sp³-hybridized carbons (Fsp3) is 0.692. The molecule has 4 heteroatoms. The van der Waals surface area contributed by atoms with Gasteiger partial charge in [-0.1, -0.05) is 6.58 Å². The lowest BCUT2D eigenvalue weighted by molar-refractivity contribution is -0.152. The summed E-state index contributed by atoms with van der Waals surface area (Å²) in [5.41, 5.74) is 0.415. The Morgan fingerprint density at radius 1 is 1.41 bits per heavy atom. The van der Waals surface area contributed by atoms with Gasteiger partial charge < -0.3 is 9.47 Å². The highest BCUT2D eigenvalue weighted by Gasteiger charge is 2.60. The molecule has 0 aromatic heterocycles. The lowest BCUT2D eigenvalue weighted by Crippen LogP contribution is -2.35. The summed E-state index contributed by atoms with van der Waals surface area (Å²) in [4.78, 5) is 23.1. The first-order chi connectivity index (χ1) is 8.08. The number of fused-ring (bicyclic) bond motifs is 5. The van der Waals surface area contributed by atoms with Gasteiger partial charge in [-0.25, -0.2) is 4.79 Å². The fourth-order valence-electron chi connectivity index (χ4n) is 3.65. The Morgan fingerprint density at radius 3 is 2.88 bits per heavy atom. The van der Waals surface area contributed by atoms with E-state index in [1.165, 1.54) is 0 Å². The molecule has 1 aliphatic heterocycles. The molecule has 1 heterocycles. The Balaban J connectivity index is 1.73. The van der Waals surface area contributed by atoms with Crippen LogP contribution in [0.4, 0.5) is 0 Å². The van der Waals surface area contributed by atoms with Crippen LogP contribution in [0, 0.1) is 23.7 Å². The maximum Gasteiger partial charge on any atom is 0.333 e. The summed E-state index contributed by atoms with van der Waals surface area (Å²) in [6, 6.07) is 0. The van der Waals surface area contributed by atoms with Crippen LogP contribution in [0.3, 0.4) is 0 Å². The average Bonchev–Trinajstić information content (AvgIpc) is 2.91. The minimum atomic E-state index is -0.342. The molecule has 0 amide bonds. The highest BCUT2D eigenvalue weighted by atomic mass is 16.6. The van der Waals surface area contributed by atoms with E-state index in [2.05, 4.69) is 6.58 Å². The zero-order valence-electron chi connectivity index (χ0n) is 9.85. The van der Waals surface area contributed by atoms with Crippen molar-refractivity contribution >= 4 is 11.9 Å². The van der Waals surface area contributed by atoms with Crippen molar-refractivity contribution < 1.29 is 19.1 Å². The van der Waals surface area contributed by atoms with E-state index in [4.69, 9.17) is 9.47 Å². The number of ether oxygens (including phenoxy) is 2. The van der Waals surface area contributed by atoms with Crippen molar-refractivity contribution in [1.29, 1.82) is 0 Å². The molecule has 0 N–H and O–H groups in total. The number of esters is 2. The van der Waals surface area contributed by atoms with Gasteiger partial charge in [0.05, 0.1) is 12.5 Å². The molecule has 0 spiro atoms. The van der Waals surface area contributed by atoms with Crippen LogP contribution in [-0.2, 0) is 19.1 Å². The zero-order valence-corrected chi connectivity index (χ0v) is 9.85. The van der Waals surface area contributed by atoms with Crippen LogP contribution in [0.2, 0.25) is 0 Å². The van der Waals surface area contributed by atoms with E-state index in [9.17, 15) is 9.59 Å². The van der Waals surface area contributed by atoms with Crippen LogP contribution in [0.15, 0.2) is 12.2 Å². The smallest absolute Gasteiger partial charge is 0.333 e. The monoisotopic (exact) mass is 236 g/mol. The third kappa shape index (κ3) is 1.50. The molecular formula is C13H16O4. The highest BCUT2D eigenvalue weighted by molar-refractivity contribution is 5.87. The van der Waals surface area contributed by atoms with Gasteiger partial charge in [0.15, 0.2) is 0 Å². The molecule has 0 radical (unpaired) electrons. The second-order valence-electron chi connectivity index (χ2n) is 5.44. The zero-order chi connectivity index (χ0) is 12.2. The van der Waals surface area contributed by atoms with Crippen molar-refractivity contribution in [3.8, 4) is 0 Å². The normalized spacial score (nSPS) is 42.2. The van der Waals surface area contributed by atoms with Crippen LogP contribution in [0.25, 0.3) is 0 Å². The third-order valence-corrected chi connectivity index (χ3v) is 4.41. The Kier molecular flexibility index (Phi) is 2.28. The molecule has 17 heavy (non-hydrogen) atoms. The highest BCUT2D eigenvalue weighted by Crippen LogP contribution is 2.56. The maximum atomic E-state index is 11.6. The summed E-state index contributed by atoms with van der Waals surface area (Å²) in [6.45, 7) is 5.78. The molecular weight excluding hydrogens is 220 g/mol. The van der Waals surface area contributed by atoms with Gasteiger partial charge in [-0.05, 0) is 25.7 Å². The van der Waals surface area contributed by atoms with E-state index in [-0.39, 0.29) is 29.9 Å². The fourth-order valence-corrected chi connectivity index (χ4v) is 3.65. The second-order valence-corrected chi connectivity index (χ2v) is 5.44. The van der Waals surface area contributed by atoms with Gasteiger partial charge in [0.2, 0.25) is 0 Å². The van der Waals surface area contributed by atoms with Gasteiger partial charge in [-0.3, -0.25) is 4.79 Å². The molecule has 2 saturated carbocycles. The predicted molar refractivity (Wildman–Crippen MR) is 58.8 cm³/mol. The first-order valence-corrected chi connectivity index (χ1v) is 6.11. The molecule has 3 fully saturated rings. The Bertz CT molecular complexity index is 400. The van der Waals surface area contributed by atoms with Crippen molar-refractivity contribution in [1.82, 2.24) is 0 Å². The van der Waals surface area contributed by atoms with Crippen LogP contribution >= 0.6 is 0 Å². The van der Waals surface area contributed by atoms with Gasteiger partial charge in [0.1, 0.15) is 6.10 Å². The van der Waals surface area contributed by atoms with E-state index < -0.39 is 0 Å². The number of carbonyl (C=O) groups excluding carboxylic acids is 2. The molecule has 2 bridgehead atoms. The maximum absolute atomic E-state index is 11.6. The molecule has 92 valence electrons. The van der Waals surface area contributed by atoms with Gasteiger partial charge in [-0.15, -0.1) is 0 Å². The quantitative estimate of drug-likeness (QED) is 0.535. The van der Waals surface area contributed by atoms with Crippen molar-refractivity contribution in [3.05, 3.63) is 12.2 Å². The van der Waals surface area contributed by atoms with Crippen LogP contribution in [0.1, 0.15) is 19.8 Å². The lowest BCUT2D eigenvalue weighted by Gasteiger charge is -2.28.